The SMILES string of the molecule is COc1ccc(CNC(=O)C23CC(NC(=O)COc4ccc(Cl)c(F)c4)(C2)C3)cn1. The minimum atomic E-state index is -0.604. The van der Waals surface area contributed by atoms with Gasteiger partial charge in [0.2, 0.25) is 11.8 Å². The van der Waals surface area contributed by atoms with Crippen molar-refractivity contribution >= 4 is 23.4 Å². The Hall–Kier alpha value is -2.87. The quantitative estimate of drug-likeness (QED) is 0.668. The second kappa shape index (κ2) is 7.75. The van der Waals surface area contributed by atoms with Gasteiger partial charge in [-0.25, -0.2) is 9.37 Å². The van der Waals surface area contributed by atoms with E-state index in [0.29, 0.717) is 31.7 Å². The standard InChI is InChI=1S/C21H21ClFN3O4/c1-29-18-5-2-13(7-24-18)8-25-19(28)20-10-21(11-20,12-20)26-17(27)9-30-14-3-4-15(22)16(23)6-14/h2-7H,8-12H2,1H3,(H,25,28)(H,26,27). The highest BCUT2D eigenvalue weighted by molar-refractivity contribution is 6.30. The van der Waals surface area contributed by atoms with E-state index in [2.05, 4.69) is 15.6 Å². The normalized spacial score (nSPS) is 23.6. The number of benzene rings is 1. The second-order valence-electron chi connectivity index (χ2n) is 7.90. The summed E-state index contributed by atoms with van der Waals surface area (Å²) in [5.74, 6) is -0.168. The van der Waals surface area contributed by atoms with Crippen molar-refractivity contribution in [1.29, 1.82) is 0 Å². The smallest absolute Gasteiger partial charge is 0.258 e. The van der Waals surface area contributed by atoms with Gasteiger partial charge in [0, 0.05) is 30.4 Å². The van der Waals surface area contributed by atoms with Crippen molar-refractivity contribution in [3.05, 3.63) is 52.9 Å². The molecule has 3 aliphatic rings. The first-order chi connectivity index (χ1) is 14.3. The molecule has 5 rings (SSSR count). The van der Waals surface area contributed by atoms with Crippen LogP contribution >= 0.6 is 11.6 Å². The highest BCUT2D eigenvalue weighted by Crippen LogP contribution is 2.67. The maximum absolute atomic E-state index is 13.4. The second-order valence-corrected chi connectivity index (χ2v) is 8.30. The Labute approximate surface area is 177 Å². The lowest BCUT2D eigenvalue weighted by atomic mass is 9.39. The van der Waals surface area contributed by atoms with E-state index in [1.165, 1.54) is 12.1 Å². The van der Waals surface area contributed by atoms with Crippen LogP contribution in [-0.2, 0) is 16.1 Å². The van der Waals surface area contributed by atoms with Crippen molar-refractivity contribution < 1.29 is 23.5 Å². The summed E-state index contributed by atoms with van der Waals surface area (Å²) in [5, 5.41) is 5.87. The Balaban J connectivity index is 1.20. The molecule has 0 radical (unpaired) electrons. The summed E-state index contributed by atoms with van der Waals surface area (Å²) in [5.41, 5.74) is 0.132. The van der Waals surface area contributed by atoms with Gasteiger partial charge >= 0.3 is 0 Å². The van der Waals surface area contributed by atoms with E-state index in [9.17, 15) is 14.0 Å². The molecule has 3 fully saturated rings. The molecule has 2 bridgehead atoms. The van der Waals surface area contributed by atoms with Gasteiger partial charge in [-0.15, -0.1) is 0 Å². The summed E-state index contributed by atoms with van der Waals surface area (Å²) in [7, 11) is 1.55. The Kier molecular flexibility index (Phi) is 5.27. The van der Waals surface area contributed by atoms with Gasteiger partial charge in [0.1, 0.15) is 11.6 Å². The van der Waals surface area contributed by atoms with Crippen molar-refractivity contribution in [2.24, 2.45) is 5.41 Å². The molecule has 0 unspecified atom stereocenters. The minimum absolute atomic E-state index is 0.00695. The summed E-state index contributed by atoms with van der Waals surface area (Å²) in [6.45, 7) is 0.162. The molecular weight excluding hydrogens is 413 g/mol. The molecule has 1 aromatic heterocycles. The van der Waals surface area contributed by atoms with Gasteiger partial charge in [-0.1, -0.05) is 17.7 Å². The summed E-state index contributed by atoms with van der Waals surface area (Å²) >= 11 is 5.62. The number of hydrogen-bond donors (Lipinski definition) is 2. The number of methoxy groups -OCH3 is 1. The molecule has 2 amide bonds. The lowest BCUT2D eigenvalue weighted by molar-refractivity contribution is -0.184. The molecule has 3 saturated carbocycles. The maximum Gasteiger partial charge on any atom is 0.258 e. The van der Waals surface area contributed by atoms with Crippen molar-refractivity contribution in [2.75, 3.05) is 13.7 Å². The number of halogens is 2. The first-order valence-electron chi connectivity index (χ1n) is 9.49. The molecule has 9 heteroatoms. The van der Waals surface area contributed by atoms with Crippen molar-refractivity contribution in [1.82, 2.24) is 15.6 Å². The number of hydrogen-bond acceptors (Lipinski definition) is 5. The third kappa shape index (κ3) is 3.92. The molecular formula is C21H21ClFN3O4. The zero-order chi connectivity index (χ0) is 21.4. The fourth-order valence-electron chi connectivity index (χ4n) is 4.21. The zero-order valence-corrected chi connectivity index (χ0v) is 17.1. The van der Waals surface area contributed by atoms with E-state index in [4.69, 9.17) is 21.1 Å². The molecule has 2 aromatic rings. The molecule has 3 aliphatic carbocycles. The Morgan fingerprint density at radius 2 is 2.00 bits per heavy atom. The minimum Gasteiger partial charge on any atom is -0.484 e. The zero-order valence-electron chi connectivity index (χ0n) is 16.3. The van der Waals surface area contributed by atoms with Crippen LogP contribution in [0.2, 0.25) is 5.02 Å². The van der Waals surface area contributed by atoms with Crippen LogP contribution < -0.4 is 20.1 Å². The van der Waals surface area contributed by atoms with E-state index < -0.39 is 11.2 Å². The lowest BCUT2D eigenvalue weighted by Gasteiger charge is -2.69. The lowest BCUT2D eigenvalue weighted by Crippen LogP contribution is -2.78. The number of aromatic nitrogens is 1. The number of rotatable bonds is 8. The number of nitrogens with one attached hydrogen (secondary N) is 2. The van der Waals surface area contributed by atoms with Gasteiger partial charge < -0.3 is 20.1 Å². The van der Waals surface area contributed by atoms with Gasteiger partial charge in [-0.3, -0.25) is 9.59 Å². The third-order valence-electron chi connectivity index (χ3n) is 5.64. The number of ether oxygens (including phenoxy) is 2. The molecule has 30 heavy (non-hydrogen) atoms. The van der Waals surface area contributed by atoms with Crippen molar-refractivity contribution in [2.45, 2.75) is 31.3 Å². The predicted octanol–water partition coefficient (Wildman–Crippen LogP) is 2.62. The number of pyridine rings is 1. The van der Waals surface area contributed by atoms with Crippen molar-refractivity contribution in [3.63, 3.8) is 0 Å². The van der Waals surface area contributed by atoms with E-state index in [1.807, 2.05) is 6.07 Å². The summed E-state index contributed by atoms with van der Waals surface area (Å²) in [6.07, 6.45) is 3.48. The highest BCUT2D eigenvalue weighted by Gasteiger charge is 2.72. The van der Waals surface area contributed by atoms with Crippen LogP contribution in [0, 0.1) is 11.2 Å². The summed E-state index contributed by atoms with van der Waals surface area (Å²) < 4.78 is 23.7. The topological polar surface area (TPSA) is 89.6 Å². The monoisotopic (exact) mass is 433 g/mol. The molecule has 0 atom stereocenters. The molecule has 2 N–H and O–H groups in total. The predicted molar refractivity (Wildman–Crippen MR) is 107 cm³/mol. The average Bonchev–Trinajstić information content (AvgIpc) is 2.69. The largest absolute Gasteiger partial charge is 0.484 e. The van der Waals surface area contributed by atoms with Crippen LogP contribution in [0.5, 0.6) is 11.6 Å². The van der Waals surface area contributed by atoms with Crippen LogP contribution in [0.1, 0.15) is 24.8 Å². The van der Waals surface area contributed by atoms with E-state index in [-0.39, 0.29) is 34.7 Å². The van der Waals surface area contributed by atoms with Gasteiger partial charge in [-0.2, -0.15) is 0 Å². The van der Waals surface area contributed by atoms with E-state index in [1.54, 1.807) is 19.4 Å². The molecule has 0 saturated heterocycles. The van der Waals surface area contributed by atoms with Crippen LogP contribution in [0.15, 0.2) is 36.5 Å². The fourth-order valence-corrected chi connectivity index (χ4v) is 4.33. The van der Waals surface area contributed by atoms with Gasteiger partial charge in [0.15, 0.2) is 6.61 Å². The Morgan fingerprint density at radius 1 is 1.23 bits per heavy atom. The van der Waals surface area contributed by atoms with Crippen LogP contribution in [-0.4, -0.2) is 36.1 Å². The molecule has 0 spiro atoms. The molecule has 0 aliphatic heterocycles. The number of carbonyl (C=O) groups is 2. The summed E-state index contributed by atoms with van der Waals surface area (Å²) in [6, 6.07) is 7.59. The van der Waals surface area contributed by atoms with E-state index in [0.717, 1.165) is 11.6 Å². The number of carbonyl (C=O) groups excluding carboxylic acids is 2. The van der Waals surface area contributed by atoms with Gasteiger partial charge in [0.25, 0.3) is 5.91 Å². The van der Waals surface area contributed by atoms with Crippen molar-refractivity contribution in [3.8, 4) is 11.6 Å². The Bertz CT molecular complexity index is 963. The first-order valence-corrected chi connectivity index (χ1v) is 9.87. The van der Waals surface area contributed by atoms with Crippen LogP contribution in [0.3, 0.4) is 0 Å². The third-order valence-corrected chi connectivity index (χ3v) is 5.94. The Morgan fingerprint density at radius 3 is 2.63 bits per heavy atom. The maximum atomic E-state index is 13.4. The van der Waals surface area contributed by atoms with Crippen LogP contribution in [0.4, 0.5) is 4.39 Å². The molecule has 158 valence electrons. The van der Waals surface area contributed by atoms with Crippen LogP contribution in [0.25, 0.3) is 0 Å². The highest BCUT2D eigenvalue weighted by atomic mass is 35.5. The summed E-state index contributed by atoms with van der Waals surface area (Å²) in [4.78, 5) is 28.8. The number of amides is 2. The average molecular weight is 434 g/mol. The number of nitrogens with zero attached hydrogens (tertiary/aromatic N) is 1. The van der Waals surface area contributed by atoms with Gasteiger partial charge in [0.05, 0.1) is 17.5 Å². The fraction of sp³-hybridized carbons (Fsp3) is 0.381. The van der Waals surface area contributed by atoms with Gasteiger partial charge in [-0.05, 0) is 37.0 Å². The first kappa shape index (κ1) is 20.4. The molecule has 1 aromatic carbocycles. The van der Waals surface area contributed by atoms with E-state index >= 15 is 0 Å². The molecule has 7 nitrogen and oxygen atoms in total. The molecule has 1 heterocycles.